The van der Waals surface area contributed by atoms with Crippen molar-refractivity contribution >= 4 is 17.7 Å². The second-order valence-electron chi connectivity index (χ2n) is 5.02. The predicted molar refractivity (Wildman–Crippen MR) is 82.4 cm³/mol. The van der Waals surface area contributed by atoms with Crippen LogP contribution in [-0.2, 0) is 15.3 Å². The Hall–Kier alpha value is -1.24. The summed E-state index contributed by atoms with van der Waals surface area (Å²) < 4.78 is 11.4. The largest absolute Gasteiger partial charge is 0.480 e. The number of carbonyl (C=O) groups is 1. The summed E-state index contributed by atoms with van der Waals surface area (Å²) in [7, 11) is 0. The maximum Gasteiger partial charge on any atom is 0.321 e. The molecule has 2 atom stereocenters. The van der Waals surface area contributed by atoms with Crippen molar-refractivity contribution in [1.29, 1.82) is 0 Å². The number of hydrogen-bond acceptors (Lipinski definition) is 5. The number of nitrogens with two attached hydrogens (primary N) is 1. The normalized spacial score (nSPS) is 20.0. The van der Waals surface area contributed by atoms with Crippen LogP contribution in [0, 0.1) is 0 Å². The average Bonchev–Trinajstić information content (AvgIpc) is 2.48. The smallest absolute Gasteiger partial charge is 0.321 e. The van der Waals surface area contributed by atoms with Gasteiger partial charge in [-0.15, -0.1) is 0 Å². The highest BCUT2D eigenvalue weighted by Gasteiger charge is 2.15. The predicted octanol–water partition coefficient (Wildman–Crippen LogP) is 2.24. The highest BCUT2D eigenvalue weighted by molar-refractivity contribution is 7.98. The molecule has 1 fully saturated rings. The molecular weight excluding hydrogens is 290 g/mol. The molecule has 6 heteroatoms. The van der Waals surface area contributed by atoms with Crippen molar-refractivity contribution in [1.82, 2.24) is 0 Å². The van der Waals surface area contributed by atoms with E-state index in [1.54, 1.807) is 0 Å². The summed E-state index contributed by atoms with van der Waals surface area (Å²) in [6.07, 6.45) is 3.00. The van der Waals surface area contributed by atoms with Crippen molar-refractivity contribution in [2.45, 2.75) is 37.3 Å². The number of ether oxygens (including phenoxy) is 2. The van der Waals surface area contributed by atoms with E-state index in [1.807, 2.05) is 24.3 Å². The van der Waals surface area contributed by atoms with Crippen LogP contribution in [0.25, 0.3) is 0 Å². The highest BCUT2D eigenvalue weighted by atomic mass is 32.2. The van der Waals surface area contributed by atoms with Crippen molar-refractivity contribution in [3.8, 4) is 5.75 Å². The molecule has 0 aromatic heterocycles. The van der Waals surface area contributed by atoms with Crippen molar-refractivity contribution in [3.63, 3.8) is 0 Å². The van der Waals surface area contributed by atoms with E-state index in [9.17, 15) is 4.79 Å². The van der Waals surface area contributed by atoms with Crippen LogP contribution in [0.3, 0.4) is 0 Å². The Morgan fingerprint density at radius 3 is 3.10 bits per heavy atom. The number of thioether (sulfide) groups is 1. The lowest BCUT2D eigenvalue weighted by Crippen LogP contribution is -2.32. The Morgan fingerprint density at radius 1 is 1.52 bits per heavy atom. The van der Waals surface area contributed by atoms with Crippen molar-refractivity contribution in [3.05, 3.63) is 29.8 Å². The molecule has 3 N–H and O–H groups in total. The van der Waals surface area contributed by atoms with Gasteiger partial charge in [0.15, 0.2) is 6.29 Å². The van der Waals surface area contributed by atoms with E-state index in [-0.39, 0.29) is 6.29 Å². The molecule has 21 heavy (non-hydrogen) atoms. The number of rotatable bonds is 7. The van der Waals surface area contributed by atoms with Gasteiger partial charge < -0.3 is 20.3 Å². The molecule has 1 aliphatic rings. The van der Waals surface area contributed by atoms with Crippen LogP contribution >= 0.6 is 11.8 Å². The van der Waals surface area contributed by atoms with Crippen LogP contribution in [0.1, 0.15) is 24.8 Å². The Bertz CT molecular complexity index is 463. The highest BCUT2D eigenvalue weighted by Crippen LogP contribution is 2.22. The van der Waals surface area contributed by atoms with Crippen molar-refractivity contribution in [2.75, 3.05) is 12.4 Å². The minimum absolute atomic E-state index is 0.151. The Morgan fingerprint density at radius 2 is 2.38 bits per heavy atom. The Balaban J connectivity index is 1.81. The van der Waals surface area contributed by atoms with E-state index in [2.05, 4.69) is 0 Å². The average molecular weight is 311 g/mol. The van der Waals surface area contributed by atoms with Gasteiger partial charge in [-0.2, -0.15) is 11.8 Å². The van der Waals surface area contributed by atoms with E-state index in [0.717, 1.165) is 37.2 Å². The van der Waals surface area contributed by atoms with E-state index in [0.29, 0.717) is 11.5 Å². The van der Waals surface area contributed by atoms with Gasteiger partial charge >= 0.3 is 5.97 Å². The number of carboxylic acid groups (broad SMARTS) is 1. The first-order chi connectivity index (χ1) is 10.1. The minimum Gasteiger partial charge on any atom is -0.480 e. The molecule has 5 nitrogen and oxygen atoms in total. The molecule has 2 rings (SSSR count). The molecule has 1 aromatic rings. The molecule has 1 aliphatic heterocycles. The second kappa shape index (κ2) is 8.26. The summed E-state index contributed by atoms with van der Waals surface area (Å²) in [6, 6.07) is 7.00. The molecule has 2 unspecified atom stereocenters. The zero-order chi connectivity index (χ0) is 15.1. The van der Waals surface area contributed by atoms with Gasteiger partial charge in [0.1, 0.15) is 11.8 Å². The minimum atomic E-state index is -0.964. The summed E-state index contributed by atoms with van der Waals surface area (Å²) in [6.45, 7) is 0.757. The molecule has 0 bridgehead atoms. The lowest BCUT2D eigenvalue weighted by atomic mass is 10.2. The fraction of sp³-hybridized carbons (Fsp3) is 0.533. The van der Waals surface area contributed by atoms with Crippen molar-refractivity contribution < 1.29 is 19.4 Å². The van der Waals surface area contributed by atoms with Crippen LogP contribution in [-0.4, -0.2) is 35.8 Å². The van der Waals surface area contributed by atoms with Gasteiger partial charge in [0.25, 0.3) is 0 Å². The van der Waals surface area contributed by atoms with Crippen LogP contribution in [0.4, 0.5) is 0 Å². The fourth-order valence-corrected chi connectivity index (χ4v) is 2.97. The standard InChI is InChI=1S/C15H21NO4S/c16-13(15(17)18)10-21-9-11-4-3-5-12(8-11)20-14-6-1-2-7-19-14/h3-5,8,13-14H,1-2,6-7,9-10,16H2,(H,17,18). The van der Waals surface area contributed by atoms with Crippen LogP contribution < -0.4 is 10.5 Å². The number of benzene rings is 1. The SMILES string of the molecule is NC(CSCc1cccc(OC2CCCCO2)c1)C(=O)O. The topological polar surface area (TPSA) is 81.8 Å². The molecular formula is C15H21NO4S. The molecule has 116 valence electrons. The molecule has 0 aliphatic carbocycles. The number of aliphatic carboxylic acids is 1. The first kappa shape index (κ1) is 16.1. The maximum absolute atomic E-state index is 10.6. The first-order valence-corrected chi connectivity index (χ1v) is 8.24. The van der Waals surface area contributed by atoms with E-state index in [4.69, 9.17) is 20.3 Å². The maximum atomic E-state index is 10.6. The van der Waals surface area contributed by atoms with Crippen molar-refractivity contribution in [2.24, 2.45) is 5.73 Å². The molecule has 0 saturated carbocycles. The summed E-state index contributed by atoms with van der Waals surface area (Å²) in [4.78, 5) is 10.6. The third kappa shape index (κ3) is 5.57. The molecule has 1 saturated heterocycles. The quantitative estimate of drug-likeness (QED) is 0.803. The fourth-order valence-electron chi connectivity index (χ4n) is 2.04. The zero-order valence-corrected chi connectivity index (χ0v) is 12.7. The Kier molecular flexibility index (Phi) is 6.35. The molecule has 1 heterocycles. The zero-order valence-electron chi connectivity index (χ0n) is 11.9. The lowest BCUT2D eigenvalue weighted by molar-refractivity contribution is -0.137. The van der Waals surface area contributed by atoms with Gasteiger partial charge in [-0.3, -0.25) is 4.79 Å². The summed E-state index contributed by atoms with van der Waals surface area (Å²) in [5.41, 5.74) is 6.56. The summed E-state index contributed by atoms with van der Waals surface area (Å²) in [5.74, 6) is 0.937. The molecule has 1 aromatic carbocycles. The lowest BCUT2D eigenvalue weighted by Gasteiger charge is -2.23. The third-order valence-electron chi connectivity index (χ3n) is 3.19. The van der Waals surface area contributed by atoms with Gasteiger partial charge in [0, 0.05) is 17.9 Å². The monoisotopic (exact) mass is 311 g/mol. The van der Waals surface area contributed by atoms with Crippen LogP contribution in [0.5, 0.6) is 5.75 Å². The molecule has 0 spiro atoms. The summed E-state index contributed by atoms with van der Waals surface area (Å²) >= 11 is 1.50. The van der Waals surface area contributed by atoms with Crippen LogP contribution in [0.2, 0.25) is 0 Å². The first-order valence-electron chi connectivity index (χ1n) is 7.08. The molecule has 0 radical (unpaired) electrons. The van der Waals surface area contributed by atoms with Gasteiger partial charge in [0.05, 0.1) is 6.61 Å². The van der Waals surface area contributed by atoms with Gasteiger partial charge in [-0.05, 0) is 30.5 Å². The Labute approximate surface area is 128 Å². The van der Waals surface area contributed by atoms with E-state index >= 15 is 0 Å². The number of hydrogen-bond donors (Lipinski definition) is 2. The van der Waals surface area contributed by atoms with E-state index in [1.165, 1.54) is 11.8 Å². The number of carboxylic acids is 1. The second-order valence-corrected chi connectivity index (χ2v) is 6.05. The summed E-state index contributed by atoms with van der Waals surface area (Å²) in [5, 5.41) is 8.73. The van der Waals surface area contributed by atoms with Crippen LogP contribution in [0.15, 0.2) is 24.3 Å². The van der Waals surface area contributed by atoms with E-state index < -0.39 is 12.0 Å². The van der Waals surface area contributed by atoms with Gasteiger partial charge in [0.2, 0.25) is 0 Å². The third-order valence-corrected chi connectivity index (χ3v) is 4.32. The van der Waals surface area contributed by atoms with Gasteiger partial charge in [-0.1, -0.05) is 12.1 Å². The van der Waals surface area contributed by atoms with Gasteiger partial charge in [-0.25, -0.2) is 0 Å². The molecule has 0 amide bonds.